The number of anilines is 1. The summed E-state index contributed by atoms with van der Waals surface area (Å²) in [4.78, 5) is 0. The molecule has 0 amide bonds. The molecule has 0 bridgehead atoms. The number of benzene rings is 1. The Morgan fingerprint density at radius 2 is 1.79 bits per heavy atom. The number of rotatable bonds is 3. The Bertz CT molecular complexity index is 258. The van der Waals surface area contributed by atoms with E-state index in [0.29, 0.717) is 0 Å². The maximum Gasteiger partial charge on any atom is 0.0370 e. The van der Waals surface area contributed by atoms with Crippen LogP contribution in [-0.4, -0.2) is 7.05 Å². The third kappa shape index (κ3) is 4.10. The van der Waals surface area contributed by atoms with Crippen molar-refractivity contribution in [3.05, 3.63) is 36.8 Å². The predicted octanol–water partition coefficient (Wildman–Crippen LogP) is 3.30. The van der Waals surface area contributed by atoms with Crippen LogP contribution in [0.25, 0.3) is 0 Å². The monoisotopic (exact) mass is 267 g/mol. The van der Waals surface area contributed by atoms with Crippen LogP contribution in [0.5, 0.6) is 0 Å². The molecule has 0 aliphatic heterocycles. The van der Waals surface area contributed by atoms with E-state index >= 15 is 0 Å². The Kier molecular flexibility index (Phi) is 9.97. The van der Waals surface area contributed by atoms with Gasteiger partial charge in [-0.1, -0.05) is 26.0 Å². The topological polar surface area (TPSA) is 12.0 Å². The second kappa shape index (κ2) is 8.43. The van der Waals surface area contributed by atoms with E-state index in [2.05, 4.69) is 37.4 Å². The summed E-state index contributed by atoms with van der Waals surface area (Å²) in [5.74, 6) is 0. The molecule has 77 valence electrons. The quantitative estimate of drug-likeness (QED) is 0.828. The van der Waals surface area contributed by atoms with Crippen molar-refractivity contribution in [3.8, 4) is 0 Å². The normalized spacial score (nSPS) is 8.50. The molecule has 1 radical (unpaired) electrons. The zero-order valence-corrected chi connectivity index (χ0v) is 12.6. The maximum atomic E-state index is 3.20. The van der Waals surface area contributed by atoms with E-state index in [0.717, 1.165) is 12.8 Å². The molecule has 1 aromatic rings. The first-order valence-electron chi connectivity index (χ1n) is 4.61. The van der Waals surface area contributed by atoms with E-state index in [1.165, 1.54) is 16.8 Å². The van der Waals surface area contributed by atoms with Crippen molar-refractivity contribution in [2.24, 2.45) is 0 Å². The minimum Gasteiger partial charge on any atom is -0.388 e. The summed E-state index contributed by atoms with van der Waals surface area (Å²) in [6, 6.07) is 6.63. The Morgan fingerprint density at radius 3 is 2.21 bits per heavy atom. The van der Waals surface area contributed by atoms with Gasteiger partial charge in [0.15, 0.2) is 0 Å². The molecule has 0 fully saturated rings. The smallest absolute Gasteiger partial charge is 0.0370 e. The zero-order valence-electron chi connectivity index (χ0n) is 9.72. The number of hydrogen-bond acceptors (Lipinski definition) is 1. The van der Waals surface area contributed by atoms with E-state index in [9.17, 15) is 0 Å². The van der Waals surface area contributed by atoms with Gasteiger partial charge in [0.05, 0.1) is 0 Å². The molecule has 0 aliphatic rings. The summed E-state index contributed by atoms with van der Waals surface area (Å²) in [6.07, 6.45) is 2.22. The van der Waals surface area contributed by atoms with Crippen molar-refractivity contribution in [3.63, 3.8) is 0 Å². The van der Waals surface area contributed by atoms with Crippen molar-refractivity contribution in [2.75, 3.05) is 12.4 Å². The number of aryl methyl sites for hydroxylation is 2. The van der Waals surface area contributed by atoms with Crippen LogP contribution in [0.4, 0.5) is 5.69 Å². The molecule has 0 heterocycles. The van der Waals surface area contributed by atoms with Gasteiger partial charge in [-0.05, 0) is 30.0 Å². The first-order chi connectivity index (χ1) is 5.81. The van der Waals surface area contributed by atoms with Crippen molar-refractivity contribution in [2.45, 2.75) is 26.7 Å². The SMILES string of the molecule is CCc1ccc(NC)c(CC)c1.[CH3-].[Y]. The van der Waals surface area contributed by atoms with Crippen LogP contribution in [0.15, 0.2) is 18.2 Å². The average Bonchev–Trinajstić information content (AvgIpc) is 2.16. The van der Waals surface area contributed by atoms with Crippen LogP contribution in [0.2, 0.25) is 0 Å². The van der Waals surface area contributed by atoms with Crippen LogP contribution in [0, 0.1) is 7.43 Å². The van der Waals surface area contributed by atoms with E-state index in [4.69, 9.17) is 0 Å². The van der Waals surface area contributed by atoms with E-state index in [-0.39, 0.29) is 40.1 Å². The third-order valence-corrected chi connectivity index (χ3v) is 2.23. The molecule has 1 N–H and O–H groups in total. The van der Waals surface area contributed by atoms with Gasteiger partial charge in [-0.3, -0.25) is 0 Å². The second-order valence-electron chi connectivity index (χ2n) is 2.95. The van der Waals surface area contributed by atoms with E-state index in [1.54, 1.807) is 0 Å². The number of nitrogens with one attached hydrogen (secondary N) is 1. The van der Waals surface area contributed by atoms with Gasteiger partial charge in [0.2, 0.25) is 0 Å². The van der Waals surface area contributed by atoms with Gasteiger partial charge in [0, 0.05) is 45.4 Å². The van der Waals surface area contributed by atoms with Crippen LogP contribution >= 0.6 is 0 Å². The molecule has 0 aromatic heterocycles. The van der Waals surface area contributed by atoms with Crippen LogP contribution in [0.1, 0.15) is 25.0 Å². The molecule has 0 aliphatic carbocycles. The third-order valence-electron chi connectivity index (χ3n) is 2.23. The van der Waals surface area contributed by atoms with Crippen molar-refractivity contribution < 1.29 is 32.7 Å². The maximum absolute atomic E-state index is 3.20. The Labute approximate surface area is 114 Å². The summed E-state index contributed by atoms with van der Waals surface area (Å²) in [7, 11) is 1.97. The van der Waals surface area contributed by atoms with Crippen molar-refractivity contribution in [1.29, 1.82) is 0 Å². The van der Waals surface area contributed by atoms with Gasteiger partial charge in [0.25, 0.3) is 0 Å². The molecule has 0 unspecified atom stereocenters. The van der Waals surface area contributed by atoms with Crippen molar-refractivity contribution >= 4 is 5.69 Å². The van der Waals surface area contributed by atoms with Crippen LogP contribution in [-0.2, 0) is 45.6 Å². The molecule has 14 heavy (non-hydrogen) atoms. The molecule has 1 aromatic carbocycles. The van der Waals surface area contributed by atoms with Gasteiger partial charge < -0.3 is 12.7 Å². The van der Waals surface area contributed by atoms with E-state index in [1.807, 2.05) is 7.05 Å². The molecule has 1 rings (SSSR count). The minimum atomic E-state index is 0. The van der Waals surface area contributed by atoms with Crippen molar-refractivity contribution in [1.82, 2.24) is 0 Å². The molecule has 2 heteroatoms. The minimum absolute atomic E-state index is 0. The molecule has 0 spiro atoms. The fourth-order valence-corrected chi connectivity index (χ4v) is 1.40. The summed E-state index contributed by atoms with van der Waals surface area (Å²) in [6.45, 7) is 4.38. The molecular formula is C12H20NY-. The molecule has 0 atom stereocenters. The van der Waals surface area contributed by atoms with E-state index < -0.39 is 0 Å². The molecule has 0 saturated carbocycles. The zero-order chi connectivity index (χ0) is 8.97. The Hall–Kier alpha value is 0.124. The summed E-state index contributed by atoms with van der Waals surface area (Å²) < 4.78 is 0. The molecule has 1 nitrogen and oxygen atoms in total. The van der Waals surface area contributed by atoms with Crippen LogP contribution < -0.4 is 5.32 Å². The average molecular weight is 267 g/mol. The summed E-state index contributed by atoms with van der Waals surface area (Å²) in [5, 5.41) is 3.20. The standard InChI is InChI=1S/C11H17N.CH3.Y/c1-4-9-6-7-11(12-3)10(5-2)8-9;;/h6-8,12H,4-5H2,1-3H3;1H3;/q;-1;. The van der Waals surface area contributed by atoms with Gasteiger partial charge in [-0.15, -0.1) is 0 Å². The van der Waals surface area contributed by atoms with Crippen LogP contribution in [0.3, 0.4) is 0 Å². The number of hydrogen-bond donors (Lipinski definition) is 1. The predicted molar refractivity (Wildman–Crippen MR) is 61.2 cm³/mol. The fourth-order valence-electron chi connectivity index (χ4n) is 1.40. The van der Waals surface area contributed by atoms with Gasteiger partial charge >= 0.3 is 0 Å². The molecule has 0 saturated heterocycles. The Balaban J connectivity index is 0. The van der Waals surface area contributed by atoms with Gasteiger partial charge in [0.1, 0.15) is 0 Å². The summed E-state index contributed by atoms with van der Waals surface area (Å²) in [5.41, 5.74) is 4.09. The fraction of sp³-hybridized carbons (Fsp3) is 0.417. The largest absolute Gasteiger partial charge is 0.388 e. The van der Waals surface area contributed by atoms with Gasteiger partial charge in [-0.25, -0.2) is 0 Å². The second-order valence-corrected chi connectivity index (χ2v) is 2.95. The van der Waals surface area contributed by atoms with Gasteiger partial charge in [-0.2, -0.15) is 0 Å². The summed E-state index contributed by atoms with van der Waals surface area (Å²) >= 11 is 0. The molecular weight excluding hydrogens is 247 g/mol. The first-order valence-corrected chi connectivity index (χ1v) is 4.61. The Morgan fingerprint density at radius 1 is 1.14 bits per heavy atom. The first kappa shape index (κ1) is 16.5.